The SMILES string of the molecule is Cc1cccc(NC(=O)CSc2nnc(-c3ccc(F)cc3)n2-c2ccccc2)c1. The van der Waals surface area contributed by atoms with Crippen molar-refractivity contribution in [1.29, 1.82) is 0 Å². The number of thioether (sulfide) groups is 1. The Hall–Kier alpha value is -3.45. The molecule has 1 amide bonds. The molecule has 1 heterocycles. The molecule has 0 saturated heterocycles. The van der Waals surface area contributed by atoms with Crippen LogP contribution >= 0.6 is 11.8 Å². The van der Waals surface area contributed by atoms with Crippen molar-refractivity contribution >= 4 is 23.4 Å². The van der Waals surface area contributed by atoms with E-state index in [1.807, 2.05) is 66.1 Å². The van der Waals surface area contributed by atoms with Crippen LogP contribution in [-0.4, -0.2) is 26.4 Å². The Labute approximate surface area is 178 Å². The molecular formula is C23H19FN4OS. The number of para-hydroxylation sites is 1. The van der Waals surface area contributed by atoms with Crippen molar-refractivity contribution in [2.45, 2.75) is 12.1 Å². The molecule has 0 spiro atoms. The van der Waals surface area contributed by atoms with E-state index in [-0.39, 0.29) is 17.5 Å². The first-order valence-corrected chi connectivity index (χ1v) is 10.3. The minimum absolute atomic E-state index is 0.128. The standard InChI is InChI=1S/C23H19FN4OS/c1-16-6-5-7-19(14-16)25-21(29)15-30-23-27-26-22(17-10-12-18(24)13-11-17)28(23)20-8-3-2-4-9-20/h2-14H,15H2,1H3,(H,25,29). The lowest BCUT2D eigenvalue weighted by atomic mass is 10.2. The molecule has 0 fully saturated rings. The fourth-order valence-corrected chi connectivity index (χ4v) is 3.76. The highest BCUT2D eigenvalue weighted by molar-refractivity contribution is 7.99. The zero-order chi connectivity index (χ0) is 20.9. The van der Waals surface area contributed by atoms with E-state index >= 15 is 0 Å². The Bertz CT molecular complexity index is 1160. The summed E-state index contributed by atoms with van der Waals surface area (Å²) in [5, 5.41) is 12.1. The van der Waals surface area contributed by atoms with Gasteiger partial charge in [0.2, 0.25) is 5.91 Å². The molecule has 0 bridgehead atoms. The van der Waals surface area contributed by atoms with Crippen molar-refractivity contribution in [2.75, 3.05) is 11.1 Å². The van der Waals surface area contributed by atoms with Crippen molar-refractivity contribution in [3.8, 4) is 17.1 Å². The highest BCUT2D eigenvalue weighted by Crippen LogP contribution is 2.28. The van der Waals surface area contributed by atoms with Crippen LogP contribution in [0.3, 0.4) is 0 Å². The van der Waals surface area contributed by atoms with Crippen LogP contribution in [0.4, 0.5) is 10.1 Å². The molecule has 1 N–H and O–H groups in total. The lowest BCUT2D eigenvalue weighted by Gasteiger charge is -2.10. The highest BCUT2D eigenvalue weighted by atomic mass is 32.2. The van der Waals surface area contributed by atoms with Gasteiger partial charge in [0.05, 0.1) is 5.75 Å². The molecule has 150 valence electrons. The summed E-state index contributed by atoms with van der Waals surface area (Å²) in [6.45, 7) is 1.98. The van der Waals surface area contributed by atoms with Gasteiger partial charge in [0.25, 0.3) is 0 Å². The van der Waals surface area contributed by atoms with Crippen molar-refractivity contribution in [3.63, 3.8) is 0 Å². The van der Waals surface area contributed by atoms with Gasteiger partial charge in [-0.15, -0.1) is 10.2 Å². The van der Waals surface area contributed by atoms with Gasteiger partial charge in [-0.3, -0.25) is 9.36 Å². The maximum absolute atomic E-state index is 13.4. The van der Waals surface area contributed by atoms with Crippen LogP contribution in [0.2, 0.25) is 0 Å². The molecule has 30 heavy (non-hydrogen) atoms. The van der Waals surface area contributed by atoms with E-state index in [1.165, 1.54) is 23.9 Å². The van der Waals surface area contributed by atoms with Crippen molar-refractivity contribution < 1.29 is 9.18 Å². The van der Waals surface area contributed by atoms with E-state index in [0.717, 1.165) is 22.5 Å². The molecule has 5 nitrogen and oxygen atoms in total. The molecule has 1 aromatic heterocycles. The van der Waals surface area contributed by atoms with Crippen LogP contribution in [0.1, 0.15) is 5.56 Å². The molecule has 3 aromatic carbocycles. The number of hydrogen-bond acceptors (Lipinski definition) is 4. The number of carbonyl (C=O) groups is 1. The third-order valence-electron chi connectivity index (χ3n) is 4.38. The van der Waals surface area contributed by atoms with Crippen LogP contribution < -0.4 is 5.32 Å². The van der Waals surface area contributed by atoms with Gasteiger partial charge >= 0.3 is 0 Å². The summed E-state index contributed by atoms with van der Waals surface area (Å²) < 4.78 is 15.2. The average molecular weight is 418 g/mol. The number of carbonyl (C=O) groups excluding carboxylic acids is 1. The third-order valence-corrected chi connectivity index (χ3v) is 5.31. The van der Waals surface area contributed by atoms with E-state index < -0.39 is 0 Å². The summed E-state index contributed by atoms with van der Waals surface area (Å²) in [7, 11) is 0. The van der Waals surface area contributed by atoms with Gasteiger partial charge in [0, 0.05) is 16.9 Å². The predicted octanol–water partition coefficient (Wildman–Crippen LogP) is 5.11. The van der Waals surface area contributed by atoms with Crippen LogP contribution in [0.25, 0.3) is 17.1 Å². The van der Waals surface area contributed by atoms with E-state index in [2.05, 4.69) is 15.5 Å². The van der Waals surface area contributed by atoms with Gasteiger partial charge < -0.3 is 5.32 Å². The molecular weight excluding hydrogens is 399 g/mol. The lowest BCUT2D eigenvalue weighted by molar-refractivity contribution is -0.113. The lowest BCUT2D eigenvalue weighted by Crippen LogP contribution is -2.14. The summed E-state index contributed by atoms with van der Waals surface area (Å²) in [5.41, 5.74) is 3.44. The summed E-state index contributed by atoms with van der Waals surface area (Å²) in [5.74, 6) is 0.328. The molecule has 7 heteroatoms. The normalized spacial score (nSPS) is 10.7. The molecule has 0 radical (unpaired) electrons. The van der Waals surface area contributed by atoms with Crippen LogP contribution in [-0.2, 0) is 4.79 Å². The molecule has 4 aromatic rings. The minimum Gasteiger partial charge on any atom is -0.325 e. The predicted molar refractivity (Wildman–Crippen MR) is 117 cm³/mol. The van der Waals surface area contributed by atoms with E-state index in [0.29, 0.717) is 11.0 Å². The summed E-state index contributed by atoms with van der Waals surface area (Å²) in [6.07, 6.45) is 0. The van der Waals surface area contributed by atoms with Gasteiger partial charge in [0.1, 0.15) is 5.82 Å². The van der Waals surface area contributed by atoms with E-state index in [9.17, 15) is 9.18 Å². The number of anilines is 1. The summed E-state index contributed by atoms with van der Waals surface area (Å²) >= 11 is 1.30. The number of nitrogens with zero attached hydrogens (tertiary/aromatic N) is 3. The topological polar surface area (TPSA) is 59.8 Å². The Balaban J connectivity index is 1.58. The van der Waals surface area contributed by atoms with E-state index in [4.69, 9.17) is 0 Å². The third kappa shape index (κ3) is 4.58. The van der Waals surface area contributed by atoms with Crippen molar-refractivity contribution in [1.82, 2.24) is 14.8 Å². The Kier molecular flexibility index (Phi) is 5.90. The van der Waals surface area contributed by atoms with Crippen LogP contribution in [0.5, 0.6) is 0 Å². The highest BCUT2D eigenvalue weighted by Gasteiger charge is 2.17. The van der Waals surface area contributed by atoms with Gasteiger partial charge in [-0.2, -0.15) is 0 Å². The maximum atomic E-state index is 13.4. The fourth-order valence-electron chi connectivity index (χ4n) is 3.01. The average Bonchev–Trinajstić information content (AvgIpc) is 3.17. The number of nitrogens with one attached hydrogen (secondary N) is 1. The first kappa shape index (κ1) is 19.8. The van der Waals surface area contributed by atoms with Crippen LogP contribution in [0, 0.1) is 12.7 Å². The van der Waals surface area contributed by atoms with Gasteiger partial charge in [-0.25, -0.2) is 4.39 Å². The zero-order valence-corrected chi connectivity index (χ0v) is 17.1. The van der Waals surface area contributed by atoms with E-state index in [1.54, 1.807) is 12.1 Å². The van der Waals surface area contributed by atoms with Crippen LogP contribution in [0.15, 0.2) is 84.0 Å². The smallest absolute Gasteiger partial charge is 0.234 e. The van der Waals surface area contributed by atoms with Gasteiger partial charge in [-0.1, -0.05) is 42.1 Å². The molecule has 0 unspecified atom stereocenters. The second-order valence-electron chi connectivity index (χ2n) is 6.69. The van der Waals surface area contributed by atoms with Crippen molar-refractivity contribution in [2.24, 2.45) is 0 Å². The number of hydrogen-bond donors (Lipinski definition) is 1. The van der Waals surface area contributed by atoms with Crippen molar-refractivity contribution in [3.05, 3.63) is 90.2 Å². The number of rotatable bonds is 6. The number of aryl methyl sites for hydroxylation is 1. The monoisotopic (exact) mass is 418 g/mol. The molecule has 0 aliphatic carbocycles. The molecule has 4 rings (SSSR count). The maximum Gasteiger partial charge on any atom is 0.234 e. The molecule has 0 aliphatic rings. The molecule has 0 aliphatic heterocycles. The molecule has 0 atom stereocenters. The molecule has 0 saturated carbocycles. The second kappa shape index (κ2) is 8.92. The number of benzene rings is 3. The Morgan fingerprint density at radius 1 is 1.00 bits per heavy atom. The Morgan fingerprint density at radius 2 is 1.77 bits per heavy atom. The quantitative estimate of drug-likeness (QED) is 0.442. The Morgan fingerprint density at radius 3 is 2.50 bits per heavy atom. The number of aromatic nitrogens is 3. The summed E-state index contributed by atoms with van der Waals surface area (Å²) in [6, 6.07) is 23.4. The zero-order valence-electron chi connectivity index (χ0n) is 16.2. The first-order chi connectivity index (χ1) is 14.6. The number of halogens is 1. The number of amides is 1. The minimum atomic E-state index is -0.313. The van der Waals surface area contributed by atoms with Gasteiger partial charge in [0.15, 0.2) is 11.0 Å². The summed E-state index contributed by atoms with van der Waals surface area (Å²) in [4.78, 5) is 12.4. The first-order valence-electron chi connectivity index (χ1n) is 9.36. The largest absolute Gasteiger partial charge is 0.325 e. The van der Waals surface area contributed by atoms with Gasteiger partial charge in [-0.05, 0) is 61.0 Å². The fraction of sp³-hybridized carbons (Fsp3) is 0.0870. The second-order valence-corrected chi connectivity index (χ2v) is 7.63.